The number of aromatic nitrogens is 3. The predicted octanol–water partition coefficient (Wildman–Crippen LogP) is 1.90. The van der Waals surface area contributed by atoms with E-state index in [4.69, 9.17) is 9.47 Å². The second-order valence-corrected chi connectivity index (χ2v) is 5.68. The predicted molar refractivity (Wildman–Crippen MR) is 97.6 cm³/mol. The highest BCUT2D eigenvalue weighted by Crippen LogP contribution is 2.28. The van der Waals surface area contributed by atoms with Crippen LogP contribution in [-0.4, -0.2) is 61.7 Å². The summed E-state index contributed by atoms with van der Waals surface area (Å²) in [6.07, 6.45) is 2.52. The van der Waals surface area contributed by atoms with Gasteiger partial charge in [0.05, 0.1) is 30.8 Å². The van der Waals surface area contributed by atoms with Gasteiger partial charge in [0.25, 0.3) is 0 Å². The molecule has 2 heterocycles. The van der Waals surface area contributed by atoms with Gasteiger partial charge in [0.15, 0.2) is 5.82 Å². The van der Waals surface area contributed by atoms with Crippen LogP contribution in [0.3, 0.4) is 0 Å². The first-order valence-electron chi connectivity index (χ1n) is 8.48. The minimum atomic E-state index is 0.470. The van der Waals surface area contributed by atoms with Crippen molar-refractivity contribution in [2.45, 2.75) is 6.42 Å². The number of ether oxygens (including phenoxy) is 2. The second-order valence-electron chi connectivity index (χ2n) is 5.68. The average Bonchev–Trinajstić information content (AvgIpc) is 2.67. The molecule has 2 N–H and O–H groups in total. The van der Waals surface area contributed by atoms with Gasteiger partial charge in [-0.3, -0.25) is 0 Å². The highest BCUT2D eigenvalue weighted by molar-refractivity contribution is 5.73. The maximum Gasteiger partial charge on any atom is 0.249 e. The Labute approximate surface area is 147 Å². The molecule has 1 aliphatic rings. The van der Waals surface area contributed by atoms with Crippen LogP contribution in [-0.2, 0) is 9.47 Å². The minimum absolute atomic E-state index is 0.470. The fourth-order valence-electron chi connectivity index (χ4n) is 2.65. The Bertz CT molecular complexity index is 663. The van der Waals surface area contributed by atoms with Gasteiger partial charge in [-0.2, -0.15) is 10.1 Å². The van der Waals surface area contributed by atoms with Crippen molar-refractivity contribution in [3.05, 3.63) is 30.5 Å². The monoisotopic (exact) mass is 344 g/mol. The van der Waals surface area contributed by atoms with Gasteiger partial charge in [-0.15, -0.1) is 5.10 Å². The third kappa shape index (κ3) is 5.01. The van der Waals surface area contributed by atoms with Crippen molar-refractivity contribution in [1.29, 1.82) is 0 Å². The van der Waals surface area contributed by atoms with Gasteiger partial charge in [0, 0.05) is 33.4 Å². The lowest BCUT2D eigenvalue weighted by Crippen LogP contribution is -2.36. The van der Waals surface area contributed by atoms with Crippen LogP contribution in [0.4, 0.5) is 23.1 Å². The SMILES string of the molecule is COCCCNc1cnnc(Nc2ccccc2N2CCOCC2)n1. The molecule has 0 atom stereocenters. The Hall–Kier alpha value is -2.45. The number of hydrogen-bond donors (Lipinski definition) is 2. The number of nitrogens with one attached hydrogen (secondary N) is 2. The largest absolute Gasteiger partial charge is 0.385 e. The number of hydrogen-bond acceptors (Lipinski definition) is 8. The lowest BCUT2D eigenvalue weighted by Gasteiger charge is -2.30. The molecule has 25 heavy (non-hydrogen) atoms. The Kier molecular flexibility index (Phi) is 6.35. The number of anilines is 4. The topological polar surface area (TPSA) is 84.4 Å². The van der Waals surface area contributed by atoms with Crippen molar-refractivity contribution in [2.75, 3.05) is 62.1 Å². The van der Waals surface area contributed by atoms with Gasteiger partial charge < -0.3 is 25.0 Å². The maximum atomic E-state index is 5.44. The molecule has 0 unspecified atom stereocenters. The third-order valence-electron chi connectivity index (χ3n) is 3.89. The smallest absolute Gasteiger partial charge is 0.249 e. The van der Waals surface area contributed by atoms with Gasteiger partial charge in [0.1, 0.15) is 0 Å². The van der Waals surface area contributed by atoms with Crippen molar-refractivity contribution in [3.8, 4) is 0 Å². The van der Waals surface area contributed by atoms with Crippen LogP contribution in [0.2, 0.25) is 0 Å². The van der Waals surface area contributed by atoms with E-state index >= 15 is 0 Å². The molecule has 1 aromatic heterocycles. The molecule has 0 radical (unpaired) electrons. The highest BCUT2D eigenvalue weighted by atomic mass is 16.5. The quantitative estimate of drug-likeness (QED) is 0.703. The fraction of sp³-hybridized carbons (Fsp3) is 0.471. The summed E-state index contributed by atoms with van der Waals surface area (Å²) < 4.78 is 10.5. The van der Waals surface area contributed by atoms with E-state index in [0.29, 0.717) is 18.4 Å². The van der Waals surface area contributed by atoms with Crippen LogP contribution in [0.15, 0.2) is 30.5 Å². The van der Waals surface area contributed by atoms with Crippen molar-refractivity contribution in [3.63, 3.8) is 0 Å². The van der Waals surface area contributed by atoms with E-state index in [1.165, 1.54) is 0 Å². The summed E-state index contributed by atoms with van der Waals surface area (Å²) in [4.78, 5) is 6.77. The molecule has 1 aromatic carbocycles. The molecule has 1 fully saturated rings. The minimum Gasteiger partial charge on any atom is -0.385 e. The fourth-order valence-corrected chi connectivity index (χ4v) is 2.65. The van der Waals surface area contributed by atoms with Crippen LogP contribution < -0.4 is 15.5 Å². The Morgan fingerprint density at radius 3 is 2.92 bits per heavy atom. The number of methoxy groups -OCH3 is 1. The van der Waals surface area contributed by atoms with Crippen LogP contribution >= 0.6 is 0 Å². The number of rotatable bonds is 8. The molecule has 0 saturated carbocycles. The number of morpholine rings is 1. The third-order valence-corrected chi connectivity index (χ3v) is 3.89. The molecule has 0 amide bonds. The Balaban J connectivity index is 1.68. The second kappa shape index (κ2) is 9.14. The van der Waals surface area contributed by atoms with E-state index in [1.807, 2.05) is 18.2 Å². The van der Waals surface area contributed by atoms with Crippen molar-refractivity contribution in [2.24, 2.45) is 0 Å². The Morgan fingerprint density at radius 1 is 1.24 bits per heavy atom. The van der Waals surface area contributed by atoms with E-state index < -0.39 is 0 Å². The van der Waals surface area contributed by atoms with Crippen LogP contribution in [0.5, 0.6) is 0 Å². The van der Waals surface area contributed by atoms with Crippen LogP contribution in [0.1, 0.15) is 6.42 Å². The van der Waals surface area contributed by atoms with Crippen molar-refractivity contribution >= 4 is 23.1 Å². The van der Waals surface area contributed by atoms with Gasteiger partial charge in [-0.05, 0) is 18.6 Å². The molecular formula is C17H24N6O2. The van der Waals surface area contributed by atoms with Gasteiger partial charge in [-0.1, -0.05) is 12.1 Å². The van der Waals surface area contributed by atoms with E-state index in [-0.39, 0.29) is 0 Å². The molecule has 0 aliphatic carbocycles. The summed E-state index contributed by atoms with van der Waals surface area (Å²) >= 11 is 0. The van der Waals surface area contributed by atoms with Gasteiger partial charge in [-0.25, -0.2) is 0 Å². The summed E-state index contributed by atoms with van der Waals surface area (Å²) in [5.41, 5.74) is 2.08. The lowest BCUT2D eigenvalue weighted by molar-refractivity contribution is 0.123. The van der Waals surface area contributed by atoms with Crippen molar-refractivity contribution in [1.82, 2.24) is 15.2 Å². The summed E-state index contributed by atoms with van der Waals surface area (Å²) in [6.45, 7) is 4.72. The molecular weight excluding hydrogens is 320 g/mol. The van der Waals surface area contributed by atoms with E-state index in [9.17, 15) is 0 Å². The highest BCUT2D eigenvalue weighted by Gasteiger charge is 2.15. The van der Waals surface area contributed by atoms with Crippen molar-refractivity contribution < 1.29 is 9.47 Å². The first-order chi connectivity index (χ1) is 12.4. The normalized spacial score (nSPS) is 14.4. The zero-order valence-corrected chi connectivity index (χ0v) is 14.4. The van der Waals surface area contributed by atoms with Crippen LogP contribution in [0.25, 0.3) is 0 Å². The summed E-state index contributed by atoms with van der Waals surface area (Å²) in [6, 6.07) is 8.14. The van der Waals surface area contributed by atoms with Gasteiger partial charge >= 0.3 is 0 Å². The van der Waals surface area contributed by atoms with Gasteiger partial charge in [0.2, 0.25) is 5.95 Å². The zero-order chi connectivity index (χ0) is 17.3. The molecule has 0 spiro atoms. The summed E-state index contributed by atoms with van der Waals surface area (Å²) in [5, 5.41) is 14.6. The number of para-hydroxylation sites is 2. The van der Waals surface area contributed by atoms with E-state index in [2.05, 4.69) is 36.8 Å². The maximum absolute atomic E-state index is 5.44. The molecule has 134 valence electrons. The zero-order valence-electron chi connectivity index (χ0n) is 14.4. The molecule has 0 bridgehead atoms. The van der Waals surface area contributed by atoms with E-state index in [1.54, 1.807) is 13.3 Å². The number of nitrogens with zero attached hydrogens (tertiary/aromatic N) is 4. The lowest BCUT2D eigenvalue weighted by atomic mass is 10.2. The molecule has 8 nitrogen and oxygen atoms in total. The molecule has 1 aliphatic heterocycles. The summed E-state index contributed by atoms with van der Waals surface area (Å²) in [5.74, 6) is 1.16. The number of benzene rings is 1. The molecule has 3 rings (SSSR count). The first kappa shape index (κ1) is 17.4. The average molecular weight is 344 g/mol. The standard InChI is InChI=1S/C17H24N6O2/c1-24-10-4-7-18-16-13-19-22-17(21-16)20-14-5-2-3-6-15(14)23-8-11-25-12-9-23/h2-3,5-6,13H,4,7-12H2,1H3,(H2,18,20,21,22). The Morgan fingerprint density at radius 2 is 2.08 bits per heavy atom. The molecule has 1 saturated heterocycles. The molecule has 8 heteroatoms. The van der Waals surface area contributed by atoms with E-state index in [0.717, 1.165) is 50.6 Å². The van der Waals surface area contributed by atoms with Crippen LogP contribution in [0, 0.1) is 0 Å². The molecule has 2 aromatic rings. The summed E-state index contributed by atoms with van der Waals surface area (Å²) in [7, 11) is 1.69. The first-order valence-corrected chi connectivity index (χ1v) is 8.48.